The molecule has 2 aromatic heterocycles. The smallest absolute Gasteiger partial charge is 0.333 e. The van der Waals surface area contributed by atoms with Crippen LogP contribution in [0.4, 0.5) is 10.8 Å². The van der Waals surface area contributed by atoms with Gasteiger partial charge in [-0.15, -0.1) is 0 Å². The first-order chi connectivity index (χ1) is 16.3. The summed E-state index contributed by atoms with van der Waals surface area (Å²) in [7, 11) is 0. The molecule has 1 aromatic carbocycles. The molecule has 3 aromatic rings. The van der Waals surface area contributed by atoms with Crippen LogP contribution >= 0.6 is 11.3 Å². The highest BCUT2D eigenvalue weighted by atomic mass is 32.1. The third-order valence-corrected chi connectivity index (χ3v) is 7.23. The second kappa shape index (κ2) is 9.92. The van der Waals surface area contributed by atoms with Gasteiger partial charge in [0.1, 0.15) is 11.2 Å². The van der Waals surface area contributed by atoms with Crippen LogP contribution in [0.15, 0.2) is 33.9 Å². The number of hydrogen-bond acceptors (Lipinski definition) is 7. The van der Waals surface area contributed by atoms with Gasteiger partial charge in [-0.3, -0.25) is 23.5 Å². The Balaban J connectivity index is 1.68. The van der Waals surface area contributed by atoms with Gasteiger partial charge in [0.15, 0.2) is 16.6 Å². The van der Waals surface area contributed by atoms with Crippen LogP contribution in [-0.4, -0.2) is 38.9 Å². The van der Waals surface area contributed by atoms with Gasteiger partial charge in [-0.1, -0.05) is 25.2 Å². The normalized spacial score (nSPS) is 14.5. The molecule has 1 saturated heterocycles. The number of aromatic nitrogens is 3. The molecule has 0 spiro atoms. The summed E-state index contributed by atoms with van der Waals surface area (Å²) in [4.78, 5) is 57.4. The molecule has 3 heterocycles. The maximum Gasteiger partial charge on any atom is 0.333 e. The Hall–Kier alpha value is -3.27. The van der Waals surface area contributed by atoms with E-state index >= 15 is 0 Å². The minimum atomic E-state index is -0.537. The van der Waals surface area contributed by atoms with Crippen molar-refractivity contribution in [2.75, 3.05) is 23.3 Å². The summed E-state index contributed by atoms with van der Waals surface area (Å²) in [5, 5.41) is 3.47. The van der Waals surface area contributed by atoms with Gasteiger partial charge in [-0.2, -0.15) is 0 Å². The molecule has 10 heteroatoms. The average molecular weight is 484 g/mol. The van der Waals surface area contributed by atoms with E-state index < -0.39 is 11.6 Å². The molecule has 9 nitrogen and oxygen atoms in total. The van der Waals surface area contributed by atoms with E-state index in [0.717, 1.165) is 25.9 Å². The number of benzene rings is 1. The zero-order chi connectivity index (χ0) is 24.4. The number of thiazole rings is 1. The Labute approximate surface area is 201 Å². The van der Waals surface area contributed by atoms with Gasteiger partial charge in [-0.25, -0.2) is 9.78 Å². The second-order valence-electron chi connectivity index (χ2n) is 8.83. The first kappa shape index (κ1) is 23.9. The van der Waals surface area contributed by atoms with Crippen LogP contribution in [0.3, 0.4) is 0 Å². The Morgan fingerprint density at radius 3 is 2.41 bits per heavy atom. The van der Waals surface area contributed by atoms with Crippen LogP contribution in [0.2, 0.25) is 0 Å². The van der Waals surface area contributed by atoms with Crippen molar-refractivity contribution in [2.45, 2.75) is 53.1 Å². The predicted molar refractivity (Wildman–Crippen MR) is 134 cm³/mol. The number of ketones is 1. The van der Waals surface area contributed by atoms with Gasteiger partial charge in [0.25, 0.3) is 5.56 Å². The lowest BCUT2D eigenvalue weighted by Crippen LogP contribution is -2.41. The van der Waals surface area contributed by atoms with Crippen molar-refractivity contribution in [1.29, 1.82) is 0 Å². The second-order valence-corrected chi connectivity index (χ2v) is 9.80. The quantitative estimate of drug-likeness (QED) is 0.518. The molecule has 0 atom stereocenters. The van der Waals surface area contributed by atoms with E-state index in [0.29, 0.717) is 33.4 Å². The van der Waals surface area contributed by atoms with Gasteiger partial charge >= 0.3 is 5.69 Å². The molecule has 4 rings (SSSR count). The monoisotopic (exact) mass is 483 g/mol. The summed E-state index contributed by atoms with van der Waals surface area (Å²) < 4.78 is 2.87. The molecule has 1 fully saturated rings. The molecule has 1 aliphatic rings. The van der Waals surface area contributed by atoms with Crippen LogP contribution in [0.1, 0.15) is 50.4 Å². The first-order valence-corrected chi connectivity index (χ1v) is 12.4. The van der Waals surface area contributed by atoms with Gasteiger partial charge in [-0.05, 0) is 56.4 Å². The number of carbonyl (C=O) groups excluding carboxylic acids is 2. The topological polar surface area (TPSA) is 106 Å². The van der Waals surface area contributed by atoms with E-state index in [4.69, 9.17) is 0 Å². The SMILES string of the molecule is CCCn1c(=O)c2sc(N3CCC(C)CC3)nc2n(CC(=O)Nc2ccc(C(C)=O)cc2)c1=O. The standard InChI is InChI=1S/C24H29N5O4S/c1-4-11-28-22(32)20-21(26-23(34-20)27-12-9-15(2)10-13-27)29(24(28)33)14-19(31)25-18-7-5-17(6-8-18)16(3)30/h5-8,15H,4,9-14H2,1-3H3,(H,25,31). The van der Waals surface area contributed by atoms with Gasteiger partial charge in [0.05, 0.1) is 0 Å². The fourth-order valence-corrected chi connectivity index (χ4v) is 5.17. The number of rotatable bonds is 7. The lowest BCUT2D eigenvalue weighted by Gasteiger charge is -2.29. The summed E-state index contributed by atoms with van der Waals surface area (Å²) in [6, 6.07) is 6.55. The van der Waals surface area contributed by atoms with E-state index in [2.05, 4.69) is 22.1 Å². The third-order valence-electron chi connectivity index (χ3n) is 6.13. The van der Waals surface area contributed by atoms with Crippen LogP contribution in [-0.2, 0) is 17.9 Å². The molecule has 0 aliphatic carbocycles. The van der Waals surface area contributed by atoms with Crippen molar-refractivity contribution in [3.63, 3.8) is 0 Å². The molecule has 180 valence electrons. The molecular weight excluding hydrogens is 454 g/mol. The number of fused-ring (bicyclic) bond motifs is 1. The molecule has 1 N–H and O–H groups in total. The van der Waals surface area contributed by atoms with Gasteiger partial charge in [0.2, 0.25) is 5.91 Å². The summed E-state index contributed by atoms with van der Waals surface area (Å²) in [5.41, 5.74) is 0.424. The average Bonchev–Trinajstić information content (AvgIpc) is 3.26. The van der Waals surface area contributed by atoms with Crippen molar-refractivity contribution >= 4 is 44.2 Å². The summed E-state index contributed by atoms with van der Waals surface area (Å²) in [6.07, 6.45) is 2.71. The highest BCUT2D eigenvalue weighted by Gasteiger charge is 2.23. The Bertz CT molecular complexity index is 1330. The summed E-state index contributed by atoms with van der Waals surface area (Å²) in [5.74, 6) is 0.174. The number of hydrogen-bond donors (Lipinski definition) is 1. The summed E-state index contributed by atoms with van der Waals surface area (Å²) in [6.45, 7) is 7.30. The molecule has 0 saturated carbocycles. The van der Waals surface area contributed by atoms with E-state index in [9.17, 15) is 19.2 Å². The molecule has 1 aliphatic heterocycles. The highest BCUT2D eigenvalue weighted by molar-refractivity contribution is 7.22. The van der Waals surface area contributed by atoms with Crippen LogP contribution in [0.25, 0.3) is 10.3 Å². The number of anilines is 2. The third kappa shape index (κ3) is 4.82. The van der Waals surface area contributed by atoms with Crippen molar-refractivity contribution in [2.24, 2.45) is 5.92 Å². The number of carbonyl (C=O) groups is 2. The maximum absolute atomic E-state index is 13.2. The van der Waals surface area contributed by atoms with Crippen LogP contribution < -0.4 is 21.5 Å². The molecule has 1 amide bonds. The fourth-order valence-electron chi connectivity index (χ4n) is 4.10. The lowest BCUT2D eigenvalue weighted by molar-refractivity contribution is -0.116. The van der Waals surface area contributed by atoms with Crippen LogP contribution in [0, 0.1) is 5.92 Å². The minimum Gasteiger partial charge on any atom is -0.348 e. The number of piperidine rings is 1. The van der Waals surface area contributed by atoms with Crippen molar-refractivity contribution in [1.82, 2.24) is 14.1 Å². The zero-order valence-electron chi connectivity index (χ0n) is 19.7. The minimum absolute atomic E-state index is 0.0625. The largest absolute Gasteiger partial charge is 0.348 e. The Morgan fingerprint density at radius 1 is 1.12 bits per heavy atom. The first-order valence-electron chi connectivity index (χ1n) is 11.6. The number of Topliss-reactive ketones (excluding diaryl/α,β-unsaturated/α-hetero) is 1. The maximum atomic E-state index is 13.2. The fraction of sp³-hybridized carbons (Fsp3) is 0.458. The predicted octanol–water partition coefficient (Wildman–Crippen LogP) is 3.11. The van der Waals surface area contributed by atoms with E-state index in [1.165, 1.54) is 27.4 Å². The molecule has 0 bridgehead atoms. The molecule has 0 unspecified atom stereocenters. The van der Waals surface area contributed by atoms with Gasteiger partial charge in [0, 0.05) is 30.9 Å². The zero-order valence-corrected chi connectivity index (χ0v) is 20.5. The molecule has 34 heavy (non-hydrogen) atoms. The van der Waals surface area contributed by atoms with Crippen molar-refractivity contribution in [3.8, 4) is 0 Å². The van der Waals surface area contributed by atoms with Crippen molar-refractivity contribution < 1.29 is 9.59 Å². The van der Waals surface area contributed by atoms with Crippen LogP contribution in [0.5, 0.6) is 0 Å². The van der Waals surface area contributed by atoms with E-state index in [1.807, 2.05) is 6.92 Å². The molecular formula is C24H29N5O4S. The van der Waals surface area contributed by atoms with E-state index in [1.54, 1.807) is 24.3 Å². The molecule has 0 radical (unpaired) electrons. The Kier molecular flexibility index (Phi) is 6.97. The Morgan fingerprint density at radius 2 is 1.79 bits per heavy atom. The summed E-state index contributed by atoms with van der Waals surface area (Å²) >= 11 is 1.29. The van der Waals surface area contributed by atoms with Gasteiger partial charge < -0.3 is 10.2 Å². The lowest BCUT2D eigenvalue weighted by atomic mass is 10.00. The number of nitrogens with zero attached hydrogens (tertiary/aromatic N) is 4. The number of amides is 1. The van der Waals surface area contributed by atoms with Crippen molar-refractivity contribution in [3.05, 3.63) is 50.7 Å². The number of nitrogens with one attached hydrogen (secondary N) is 1. The highest BCUT2D eigenvalue weighted by Crippen LogP contribution is 2.29. The van der Waals surface area contributed by atoms with E-state index in [-0.39, 0.29) is 30.1 Å².